The number of H-pyrrole nitrogens is 1. The Morgan fingerprint density at radius 3 is 2.89 bits per heavy atom. The molecule has 0 atom stereocenters. The summed E-state index contributed by atoms with van der Waals surface area (Å²) < 4.78 is 20.0. The van der Waals surface area contributed by atoms with Crippen molar-refractivity contribution in [2.24, 2.45) is 0 Å². The maximum atomic E-state index is 14.1. The molecule has 0 saturated carbocycles. The molecule has 0 aromatic carbocycles. The number of aromatic nitrogens is 4. The standard InChI is InChI=1S/C19H18FN5O2/c1-2-17(26)25-7-4-12(5-8-25)27-16-11-23-19-18(24-16)14(9-22-19)13-3-6-21-10-15(13)20/h2-3,6,9-12H,1,4-5,7-8H2,(H,22,23). The van der Waals surface area contributed by atoms with Gasteiger partial charge in [-0.15, -0.1) is 0 Å². The molecular weight excluding hydrogens is 349 g/mol. The van der Waals surface area contributed by atoms with Crippen molar-refractivity contribution in [3.63, 3.8) is 0 Å². The molecule has 0 radical (unpaired) electrons. The Labute approximate surface area is 154 Å². The van der Waals surface area contributed by atoms with Crippen LogP contribution in [0.5, 0.6) is 5.88 Å². The van der Waals surface area contributed by atoms with Crippen LogP contribution in [0.15, 0.2) is 43.5 Å². The molecule has 1 aliphatic heterocycles. The molecule has 27 heavy (non-hydrogen) atoms. The summed E-state index contributed by atoms with van der Waals surface area (Å²) >= 11 is 0. The van der Waals surface area contributed by atoms with Crippen LogP contribution in [-0.2, 0) is 4.79 Å². The summed E-state index contributed by atoms with van der Waals surface area (Å²) in [5.74, 6) is -0.108. The van der Waals surface area contributed by atoms with Gasteiger partial charge in [-0.25, -0.2) is 14.4 Å². The average Bonchev–Trinajstić information content (AvgIpc) is 3.11. The van der Waals surface area contributed by atoms with Crippen molar-refractivity contribution >= 4 is 17.1 Å². The van der Waals surface area contributed by atoms with Gasteiger partial charge in [-0.05, 0) is 12.1 Å². The number of nitrogens with zero attached hydrogens (tertiary/aromatic N) is 4. The van der Waals surface area contributed by atoms with E-state index in [0.29, 0.717) is 54.1 Å². The van der Waals surface area contributed by atoms with Crippen LogP contribution in [0.25, 0.3) is 22.3 Å². The topological polar surface area (TPSA) is 84.0 Å². The van der Waals surface area contributed by atoms with Crippen molar-refractivity contribution in [2.45, 2.75) is 18.9 Å². The van der Waals surface area contributed by atoms with E-state index in [2.05, 4.69) is 26.5 Å². The third-order valence-electron chi connectivity index (χ3n) is 4.64. The smallest absolute Gasteiger partial charge is 0.245 e. The van der Waals surface area contributed by atoms with Crippen LogP contribution in [0.1, 0.15) is 12.8 Å². The number of piperidine rings is 1. The van der Waals surface area contributed by atoms with E-state index in [4.69, 9.17) is 4.74 Å². The van der Waals surface area contributed by atoms with Crippen LogP contribution < -0.4 is 4.74 Å². The van der Waals surface area contributed by atoms with E-state index in [1.807, 2.05) is 0 Å². The third-order valence-corrected chi connectivity index (χ3v) is 4.64. The number of ether oxygens (including phenoxy) is 1. The highest BCUT2D eigenvalue weighted by Crippen LogP contribution is 2.29. The fraction of sp³-hybridized carbons (Fsp3) is 0.263. The van der Waals surface area contributed by atoms with Gasteiger partial charge in [0, 0.05) is 49.5 Å². The van der Waals surface area contributed by atoms with Crippen molar-refractivity contribution in [1.82, 2.24) is 24.8 Å². The van der Waals surface area contributed by atoms with Gasteiger partial charge >= 0.3 is 0 Å². The molecular formula is C19H18FN5O2. The number of amides is 1. The van der Waals surface area contributed by atoms with Gasteiger partial charge in [-0.2, -0.15) is 0 Å². The number of halogens is 1. The lowest BCUT2D eigenvalue weighted by atomic mass is 10.1. The zero-order valence-electron chi connectivity index (χ0n) is 14.6. The van der Waals surface area contributed by atoms with Crippen LogP contribution in [0, 0.1) is 5.82 Å². The second-order valence-corrected chi connectivity index (χ2v) is 6.31. The quantitative estimate of drug-likeness (QED) is 0.717. The van der Waals surface area contributed by atoms with Crippen molar-refractivity contribution in [3.8, 4) is 17.0 Å². The van der Waals surface area contributed by atoms with Gasteiger partial charge in [0.1, 0.15) is 17.4 Å². The van der Waals surface area contributed by atoms with Crippen LogP contribution in [-0.4, -0.2) is 49.9 Å². The lowest BCUT2D eigenvalue weighted by Gasteiger charge is -2.31. The van der Waals surface area contributed by atoms with E-state index < -0.39 is 5.82 Å². The van der Waals surface area contributed by atoms with Gasteiger partial charge in [0.15, 0.2) is 5.65 Å². The predicted molar refractivity (Wildman–Crippen MR) is 97.5 cm³/mol. The Bertz CT molecular complexity index is 995. The van der Waals surface area contributed by atoms with Crippen molar-refractivity contribution in [3.05, 3.63) is 49.3 Å². The molecule has 138 valence electrons. The molecule has 3 aromatic heterocycles. The van der Waals surface area contributed by atoms with Gasteiger partial charge in [0.2, 0.25) is 11.8 Å². The van der Waals surface area contributed by atoms with Gasteiger partial charge in [0.05, 0.1) is 12.4 Å². The fourth-order valence-electron chi connectivity index (χ4n) is 3.22. The molecule has 0 aliphatic carbocycles. The normalized spacial score (nSPS) is 15.1. The summed E-state index contributed by atoms with van der Waals surface area (Å²) in [5.41, 5.74) is 2.10. The minimum atomic E-state index is -0.425. The molecule has 8 heteroatoms. The summed E-state index contributed by atoms with van der Waals surface area (Å²) in [7, 11) is 0. The van der Waals surface area contributed by atoms with E-state index >= 15 is 0 Å². The largest absolute Gasteiger partial charge is 0.473 e. The monoisotopic (exact) mass is 367 g/mol. The summed E-state index contributed by atoms with van der Waals surface area (Å²) in [4.78, 5) is 29.0. The summed E-state index contributed by atoms with van der Waals surface area (Å²) in [5, 5.41) is 0. The number of fused-ring (bicyclic) bond motifs is 1. The highest BCUT2D eigenvalue weighted by Gasteiger charge is 2.23. The lowest BCUT2D eigenvalue weighted by Crippen LogP contribution is -2.41. The van der Waals surface area contributed by atoms with E-state index in [-0.39, 0.29) is 12.0 Å². The molecule has 0 unspecified atom stereocenters. The van der Waals surface area contributed by atoms with E-state index in [1.54, 1.807) is 23.4 Å². The number of likely N-dealkylation sites (tertiary alicyclic amines) is 1. The maximum absolute atomic E-state index is 14.1. The van der Waals surface area contributed by atoms with Crippen LogP contribution in [0.4, 0.5) is 4.39 Å². The first-order valence-corrected chi connectivity index (χ1v) is 8.67. The molecule has 0 bridgehead atoms. The predicted octanol–water partition coefficient (Wildman–Crippen LogP) is 2.71. The van der Waals surface area contributed by atoms with E-state index in [9.17, 15) is 9.18 Å². The number of carbonyl (C=O) groups excluding carboxylic acids is 1. The second kappa shape index (κ2) is 7.14. The number of hydrogen-bond acceptors (Lipinski definition) is 5. The van der Waals surface area contributed by atoms with Crippen molar-refractivity contribution < 1.29 is 13.9 Å². The van der Waals surface area contributed by atoms with Gasteiger partial charge in [0.25, 0.3) is 0 Å². The lowest BCUT2D eigenvalue weighted by molar-refractivity contribution is -0.127. The van der Waals surface area contributed by atoms with Crippen LogP contribution >= 0.6 is 0 Å². The first kappa shape index (κ1) is 17.1. The molecule has 4 heterocycles. The van der Waals surface area contributed by atoms with E-state index in [0.717, 1.165) is 0 Å². The Kier molecular flexibility index (Phi) is 4.53. The molecule has 4 rings (SSSR count). The summed E-state index contributed by atoms with van der Waals surface area (Å²) in [6.45, 7) is 4.74. The van der Waals surface area contributed by atoms with Gasteiger partial charge in [-0.1, -0.05) is 6.58 Å². The fourth-order valence-corrected chi connectivity index (χ4v) is 3.22. The molecule has 1 aliphatic rings. The third kappa shape index (κ3) is 3.38. The van der Waals surface area contributed by atoms with Crippen LogP contribution in [0.3, 0.4) is 0 Å². The number of carbonyl (C=O) groups is 1. The zero-order chi connectivity index (χ0) is 18.8. The van der Waals surface area contributed by atoms with Gasteiger partial charge in [-0.3, -0.25) is 9.78 Å². The minimum absolute atomic E-state index is 0.0503. The molecule has 7 nitrogen and oxygen atoms in total. The number of nitrogens with one attached hydrogen (secondary N) is 1. The summed E-state index contributed by atoms with van der Waals surface area (Å²) in [6.07, 6.45) is 8.61. The number of aromatic amines is 1. The molecule has 3 aromatic rings. The number of rotatable bonds is 4. The minimum Gasteiger partial charge on any atom is -0.473 e. The Balaban J connectivity index is 1.54. The van der Waals surface area contributed by atoms with Gasteiger partial charge < -0.3 is 14.6 Å². The molecule has 1 fully saturated rings. The molecule has 1 N–H and O–H groups in total. The first-order chi connectivity index (χ1) is 13.2. The zero-order valence-corrected chi connectivity index (χ0v) is 14.6. The van der Waals surface area contributed by atoms with E-state index in [1.165, 1.54) is 18.5 Å². The summed E-state index contributed by atoms with van der Waals surface area (Å²) in [6, 6.07) is 1.60. The highest BCUT2D eigenvalue weighted by molar-refractivity contribution is 5.90. The number of pyridine rings is 1. The van der Waals surface area contributed by atoms with Crippen molar-refractivity contribution in [2.75, 3.05) is 13.1 Å². The second-order valence-electron chi connectivity index (χ2n) is 6.31. The van der Waals surface area contributed by atoms with Crippen LogP contribution in [0.2, 0.25) is 0 Å². The number of hydrogen-bond donors (Lipinski definition) is 1. The Morgan fingerprint density at radius 2 is 2.15 bits per heavy atom. The Hall–Kier alpha value is -3.29. The first-order valence-electron chi connectivity index (χ1n) is 8.67. The van der Waals surface area contributed by atoms with Crippen molar-refractivity contribution in [1.29, 1.82) is 0 Å². The molecule has 1 saturated heterocycles. The maximum Gasteiger partial charge on any atom is 0.245 e. The molecule has 0 spiro atoms. The Morgan fingerprint density at radius 1 is 1.33 bits per heavy atom. The molecule has 1 amide bonds. The SMILES string of the molecule is C=CC(=O)N1CCC(Oc2cnc3[nH]cc(-c4ccncc4F)c3n2)CC1. The highest BCUT2D eigenvalue weighted by atomic mass is 19.1. The average molecular weight is 367 g/mol.